The van der Waals surface area contributed by atoms with Crippen molar-refractivity contribution in [2.24, 2.45) is 28.6 Å². The molecule has 0 aromatic heterocycles. The molecule has 0 unspecified atom stereocenters. The Kier molecular flexibility index (Phi) is 7.22. The van der Waals surface area contributed by atoms with Crippen LogP contribution in [0.5, 0.6) is 0 Å². The zero-order chi connectivity index (χ0) is 23.8. The SMILES string of the molecule is C=C1/C(=C\C=C2/CCC[C@]3(C)[C@@H]([C@H](C)/C=C/CC4(C(=O)CC)CC4)CC[C@@H]23)C[C@@H](O)C[C@@H]1O. The molecular formula is C30H44O3. The van der Waals surface area contributed by atoms with Crippen LogP contribution >= 0.6 is 0 Å². The van der Waals surface area contributed by atoms with E-state index in [2.05, 4.69) is 44.7 Å². The Labute approximate surface area is 200 Å². The Morgan fingerprint density at radius 3 is 2.67 bits per heavy atom. The summed E-state index contributed by atoms with van der Waals surface area (Å²) in [5.74, 6) is 2.28. The van der Waals surface area contributed by atoms with Crippen molar-refractivity contribution < 1.29 is 15.0 Å². The molecule has 0 aromatic carbocycles. The Hall–Kier alpha value is -1.45. The monoisotopic (exact) mass is 452 g/mol. The predicted molar refractivity (Wildman–Crippen MR) is 135 cm³/mol. The quantitative estimate of drug-likeness (QED) is 0.435. The second-order valence-corrected chi connectivity index (χ2v) is 11.7. The van der Waals surface area contributed by atoms with Crippen molar-refractivity contribution in [3.8, 4) is 0 Å². The highest BCUT2D eigenvalue weighted by Crippen LogP contribution is 2.59. The maximum atomic E-state index is 12.3. The van der Waals surface area contributed by atoms with E-state index in [-0.39, 0.29) is 5.41 Å². The van der Waals surface area contributed by atoms with Crippen LogP contribution in [0, 0.1) is 28.6 Å². The minimum Gasteiger partial charge on any atom is -0.393 e. The van der Waals surface area contributed by atoms with E-state index in [0.29, 0.717) is 48.2 Å². The van der Waals surface area contributed by atoms with Gasteiger partial charge in [0.25, 0.3) is 0 Å². The second-order valence-electron chi connectivity index (χ2n) is 11.7. The van der Waals surface area contributed by atoms with Crippen molar-refractivity contribution in [1.82, 2.24) is 0 Å². The third kappa shape index (κ3) is 4.86. The maximum Gasteiger partial charge on any atom is 0.139 e. The summed E-state index contributed by atoms with van der Waals surface area (Å²) in [5, 5.41) is 20.2. The van der Waals surface area contributed by atoms with Gasteiger partial charge in [-0.05, 0) is 92.1 Å². The van der Waals surface area contributed by atoms with Crippen LogP contribution in [0.2, 0.25) is 0 Å². The number of hydrogen-bond acceptors (Lipinski definition) is 3. The molecule has 33 heavy (non-hydrogen) atoms. The molecule has 3 heteroatoms. The molecule has 6 atom stereocenters. The van der Waals surface area contributed by atoms with Crippen LogP contribution in [0.15, 0.2) is 47.6 Å². The van der Waals surface area contributed by atoms with Crippen molar-refractivity contribution in [1.29, 1.82) is 0 Å². The molecule has 0 amide bonds. The van der Waals surface area contributed by atoms with Crippen molar-refractivity contribution >= 4 is 5.78 Å². The van der Waals surface area contributed by atoms with Crippen LogP contribution < -0.4 is 0 Å². The lowest BCUT2D eigenvalue weighted by molar-refractivity contribution is -0.123. The molecule has 2 N–H and O–H groups in total. The first-order chi connectivity index (χ1) is 15.7. The normalized spacial score (nSPS) is 39.2. The number of carbonyl (C=O) groups is 1. The van der Waals surface area contributed by atoms with Crippen LogP contribution in [-0.4, -0.2) is 28.2 Å². The maximum absolute atomic E-state index is 12.3. The summed E-state index contributed by atoms with van der Waals surface area (Å²) in [7, 11) is 0. The van der Waals surface area contributed by atoms with E-state index in [0.717, 1.165) is 36.8 Å². The summed E-state index contributed by atoms with van der Waals surface area (Å²) in [6, 6.07) is 0. The van der Waals surface area contributed by atoms with Crippen LogP contribution in [0.3, 0.4) is 0 Å². The highest BCUT2D eigenvalue weighted by Gasteiger charge is 2.50. The molecule has 3 nitrogen and oxygen atoms in total. The summed E-state index contributed by atoms with van der Waals surface area (Å²) in [6.07, 6.45) is 19.0. The lowest BCUT2D eigenvalue weighted by Gasteiger charge is -2.44. The van der Waals surface area contributed by atoms with Gasteiger partial charge in [0.05, 0.1) is 12.2 Å². The number of hydrogen-bond donors (Lipinski definition) is 2. The largest absolute Gasteiger partial charge is 0.393 e. The number of ketones is 1. The lowest BCUT2D eigenvalue weighted by atomic mass is 9.61. The Bertz CT molecular complexity index is 858. The van der Waals surface area contributed by atoms with Gasteiger partial charge in [-0.1, -0.05) is 57.2 Å². The van der Waals surface area contributed by atoms with Crippen LogP contribution in [0.25, 0.3) is 0 Å². The van der Waals surface area contributed by atoms with E-state index < -0.39 is 12.2 Å². The second kappa shape index (κ2) is 9.66. The molecule has 0 aromatic rings. The van der Waals surface area contributed by atoms with Gasteiger partial charge < -0.3 is 10.2 Å². The van der Waals surface area contributed by atoms with Crippen molar-refractivity contribution in [2.75, 3.05) is 0 Å². The summed E-state index contributed by atoms with van der Waals surface area (Å²) < 4.78 is 0. The number of carbonyl (C=O) groups excluding carboxylic acids is 1. The minimum absolute atomic E-state index is 0.0222. The van der Waals surface area contributed by atoms with Gasteiger partial charge >= 0.3 is 0 Å². The Morgan fingerprint density at radius 1 is 1.21 bits per heavy atom. The third-order valence-electron chi connectivity index (χ3n) is 9.65. The lowest BCUT2D eigenvalue weighted by Crippen LogP contribution is -2.35. The molecule has 182 valence electrons. The summed E-state index contributed by atoms with van der Waals surface area (Å²) in [4.78, 5) is 12.3. The summed E-state index contributed by atoms with van der Waals surface area (Å²) in [5.41, 5.74) is 3.62. The highest BCUT2D eigenvalue weighted by atomic mass is 16.3. The molecule has 0 bridgehead atoms. The van der Waals surface area contributed by atoms with E-state index in [1.54, 1.807) is 5.57 Å². The van der Waals surface area contributed by atoms with E-state index in [1.165, 1.54) is 25.7 Å². The fourth-order valence-electron chi connectivity index (χ4n) is 7.37. The Balaban J connectivity index is 1.44. The van der Waals surface area contributed by atoms with E-state index in [9.17, 15) is 15.0 Å². The van der Waals surface area contributed by atoms with Crippen LogP contribution in [0.4, 0.5) is 0 Å². The molecule has 4 rings (SSSR count). The van der Waals surface area contributed by atoms with Gasteiger partial charge in [0.2, 0.25) is 0 Å². The fourth-order valence-corrected chi connectivity index (χ4v) is 7.37. The fraction of sp³-hybridized carbons (Fsp3) is 0.700. The first-order valence-electron chi connectivity index (χ1n) is 13.3. The zero-order valence-electron chi connectivity index (χ0n) is 21.0. The van der Waals surface area contributed by atoms with Gasteiger partial charge in [-0.25, -0.2) is 0 Å². The average Bonchev–Trinajstić information content (AvgIpc) is 3.48. The molecule has 4 aliphatic carbocycles. The molecule has 0 aliphatic heterocycles. The first-order valence-corrected chi connectivity index (χ1v) is 13.3. The van der Waals surface area contributed by atoms with Crippen LogP contribution in [-0.2, 0) is 4.79 Å². The number of rotatable bonds is 7. The molecule has 0 spiro atoms. The van der Waals surface area contributed by atoms with Gasteiger partial charge in [0.1, 0.15) is 5.78 Å². The molecule has 4 aliphatic rings. The van der Waals surface area contributed by atoms with Gasteiger partial charge in [-0.3, -0.25) is 4.79 Å². The van der Waals surface area contributed by atoms with Gasteiger partial charge in [-0.2, -0.15) is 0 Å². The molecule has 0 saturated heterocycles. The predicted octanol–water partition coefficient (Wildman–Crippen LogP) is 6.47. The summed E-state index contributed by atoms with van der Waals surface area (Å²) in [6.45, 7) is 11.0. The topological polar surface area (TPSA) is 57.5 Å². The number of Topliss-reactive ketones (excluding diaryl/α,β-unsaturated/α-hetero) is 1. The number of aliphatic hydroxyl groups excluding tert-OH is 2. The number of fused-ring (bicyclic) bond motifs is 1. The van der Waals surface area contributed by atoms with Gasteiger partial charge in [-0.15, -0.1) is 0 Å². The number of aliphatic hydroxyl groups is 2. The van der Waals surface area contributed by atoms with Gasteiger partial charge in [0.15, 0.2) is 0 Å². The van der Waals surface area contributed by atoms with E-state index >= 15 is 0 Å². The Morgan fingerprint density at radius 2 is 1.97 bits per heavy atom. The minimum atomic E-state index is -0.624. The van der Waals surface area contributed by atoms with E-state index in [1.807, 2.05) is 6.92 Å². The number of allylic oxidation sites excluding steroid dienone is 5. The molecular weight excluding hydrogens is 408 g/mol. The molecule has 0 heterocycles. The van der Waals surface area contributed by atoms with Crippen molar-refractivity contribution in [3.63, 3.8) is 0 Å². The molecule has 4 fully saturated rings. The third-order valence-corrected chi connectivity index (χ3v) is 9.65. The van der Waals surface area contributed by atoms with Crippen molar-refractivity contribution in [2.45, 2.75) is 104 Å². The highest BCUT2D eigenvalue weighted by molar-refractivity contribution is 5.87. The van der Waals surface area contributed by atoms with Crippen LogP contribution in [0.1, 0.15) is 91.4 Å². The zero-order valence-corrected chi connectivity index (χ0v) is 21.0. The first kappa shape index (κ1) is 24.7. The average molecular weight is 453 g/mol. The van der Waals surface area contributed by atoms with E-state index in [4.69, 9.17) is 0 Å². The van der Waals surface area contributed by atoms with Crippen molar-refractivity contribution in [3.05, 3.63) is 47.6 Å². The summed E-state index contributed by atoms with van der Waals surface area (Å²) >= 11 is 0. The molecule has 4 saturated carbocycles. The smallest absolute Gasteiger partial charge is 0.139 e. The standard InChI is InChI=1S/C30H44O3/c1-5-28(33)30(16-17-30)15-6-8-20(2)25-12-13-26-22(9-7-14-29(25,26)4)10-11-23-18-24(31)19-27(32)21(23)3/h6,8,10-11,20,24-27,31-32H,3,5,7,9,12-19H2,1-2,4H3/b8-6+,22-10+,23-11-/t20-,24-,25-,26+,27+,29-/m1/s1. The van der Waals surface area contributed by atoms with Gasteiger partial charge in [0, 0.05) is 18.3 Å². The molecule has 0 radical (unpaired) electrons.